The lowest BCUT2D eigenvalue weighted by Crippen LogP contribution is -2.31. The molecule has 0 spiro atoms. The summed E-state index contributed by atoms with van der Waals surface area (Å²) in [6, 6.07) is 8.40. The molecule has 4 rings (SSSR count). The Hall–Kier alpha value is -2.05. The Bertz CT molecular complexity index is 816. The zero-order chi connectivity index (χ0) is 15.8. The molecule has 1 N–H and O–H groups in total. The number of anilines is 1. The summed E-state index contributed by atoms with van der Waals surface area (Å²) in [5.41, 5.74) is 1.65. The van der Waals surface area contributed by atoms with E-state index in [1.807, 2.05) is 11.4 Å². The Morgan fingerprint density at radius 2 is 2.00 bits per heavy atom. The van der Waals surface area contributed by atoms with Gasteiger partial charge in [-0.25, -0.2) is 14.4 Å². The van der Waals surface area contributed by atoms with Crippen molar-refractivity contribution in [1.82, 2.24) is 9.97 Å². The largest absolute Gasteiger partial charge is 0.387 e. The molecule has 2 heterocycles. The summed E-state index contributed by atoms with van der Waals surface area (Å²) in [6.45, 7) is 0.445. The molecule has 1 aliphatic rings. The molecular formula is C17H16FN3OS. The smallest absolute Gasteiger partial charge is 0.150 e. The number of benzene rings is 1. The van der Waals surface area contributed by atoms with Crippen LogP contribution in [0.15, 0.2) is 42.0 Å². The summed E-state index contributed by atoms with van der Waals surface area (Å²) < 4.78 is 14.1. The van der Waals surface area contributed by atoms with E-state index in [4.69, 9.17) is 0 Å². The zero-order valence-electron chi connectivity index (χ0n) is 12.4. The van der Waals surface area contributed by atoms with Gasteiger partial charge in [-0.15, -0.1) is 11.3 Å². The first-order valence-electron chi connectivity index (χ1n) is 7.61. The normalized spacial score (nSPS) is 15.7. The molecule has 1 fully saturated rings. The van der Waals surface area contributed by atoms with E-state index < -0.39 is 6.10 Å². The first-order chi connectivity index (χ1) is 11.2. The maximum Gasteiger partial charge on any atom is 0.150 e. The second-order valence-electron chi connectivity index (χ2n) is 5.78. The van der Waals surface area contributed by atoms with E-state index in [0.29, 0.717) is 18.2 Å². The van der Waals surface area contributed by atoms with Crippen LogP contribution in [0.2, 0.25) is 0 Å². The molecule has 3 aromatic rings. The third kappa shape index (κ3) is 2.92. The van der Waals surface area contributed by atoms with Gasteiger partial charge in [0.05, 0.1) is 16.3 Å². The summed E-state index contributed by atoms with van der Waals surface area (Å²) in [7, 11) is 0. The average molecular weight is 329 g/mol. The lowest BCUT2D eigenvalue weighted by Gasteiger charge is -2.26. The van der Waals surface area contributed by atoms with Crippen molar-refractivity contribution < 1.29 is 9.50 Å². The fraction of sp³-hybridized carbons (Fsp3) is 0.294. The molecule has 1 unspecified atom stereocenters. The molecule has 1 aliphatic carbocycles. The monoisotopic (exact) mass is 329 g/mol. The van der Waals surface area contributed by atoms with Crippen LogP contribution < -0.4 is 4.90 Å². The number of thiophene rings is 1. The van der Waals surface area contributed by atoms with E-state index >= 15 is 0 Å². The van der Waals surface area contributed by atoms with Crippen LogP contribution in [-0.2, 0) is 0 Å². The second kappa shape index (κ2) is 5.86. The lowest BCUT2D eigenvalue weighted by molar-refractivity contribution is 0.182. The van der Waals surface area contributed by atoms with E-state index in [-0.39, 0.29) is 5.82 Å². The number of hydrogen-bond donors (Lipinski definition) is 1. The highest BCUT2D eigenvalue weighted by atomic mass is 32.1. The quantitative estimate of drug-likeness (QED) is 0.778. The molecule has 0 saturated heterocycles. The van der Waals surface area contributed by atoms with Crippen molar-refractivity contribution in [3.8, 4) is 0 Å². The highest BCUT2D eigenvalue weighted by Crippen LogP contribution is 2.37. The van der Waals surface area contributed by atoms with Gasteiger partial charge in [0.25, 0.3) is 0 Å². The van der Waals surface area contributed by atoms with E-state index in [2.05, 4.69) is 14.9 Å². The zero-order valence-corrected chi connectivity index (χ0v) is 13.2. The third-order valence-corrected chi connectivity index (χ3v) is 5.01. The minimum Gasteiger partial charge on any atom is -0.387 e. The molecule has 0 amide bonds. The molecule has 23 heavy (non-hydrogen) atoms. The average Bonchev–Trinajstić information content (AvgIpc) is 3.29. The van der Waals surface area contributed by atoms with E-state index in [1.165, 1.54) is 12.1 Å². The van der Waals surface area contributed by atoms with Gasteiger partial charge < -0.3 is 10.0 Å². The van der Waals surface area contributed by atoms with Crippen molar-refractivity contribution in [3.63, 3.8) is 0 Å². The fourth-order valence-electron chi connectivity index (χ4n) is 2.75. The summed E-state index contributed by atoms with van der Waals surface area (Å²) in [6.07, 6.45) is 3.10. The second-order valence-corrected chi connectivity index (χ2v) is 6.70. The molecule has 1 saturated carbocycles. The van der Waals surface area contributed by atoms with Gasteiger partial charge in [0, 0.05) is 12.6 Å². The van der Waals surface area contributed by atoms with Gasteiger partial charge in [0.2, 0.25) is 0 Å². The van der Waals surface area contributed by atoms with Crippen molar-refractivity contribution in [2.75, 3.05) is 11.4 Å². The first-order valence-corrected chi connectivity index (χ1v) is 8.49. The van der Waals surface area contributed by atoms with E-state index in [9.17, 15) is 9.50 Å². The SMILES string of the molecule is OC(CN(c1ncnc2ccsc12)C1CC1)c1ccc(F)cc1. The summed E-state index contributed by atoms with van der Waals surface area (Å²) in [5, 5.41) is 12.5. The molecule has 118 valence electrons. The van der Waals surface area contributed by atoms with Crippen molar-refractivity contribution in [2.45, 2.75) is 25.0 Å². The van der Waals surface area contributed by atoms with Crippen molar-refractivity contribution in [3.05, 3.63) is 53.4 Å². The van der Waals surface area contributed by atoms with Crippen LogP contribution in [0, 0.1) is 5.82 Å². The number of aliphatic hydroxyl groups excluding tert-OH is 1. The first kappa shape index (κ1) is 14.5. The number of halogens is 1. The fourth-order valence-corrected chi connectivity index (χ4v) is 3.60. The standard InChI is InChI=1S/C17H16FN3OS/c18-12-3-1-11(2-4-12)15(22)9-21(13-5-6-13)17-16-14(7-8-23-16)19-10-20-17/h1-4,7-8,10,13,15,22H,5-6,9H2. The van der Waals surface area contributed by atoms with Crippen LogP contribution >= 0.6 is 11.3 Å². The van der Waals surface area contributed by atoms with E-state index in [0.717, 1.165) is 28.9 Å². The van der Waals surface area contributed by atoms with Crippen molar-refractivity contribution in [2.24, 2.45) is 0 Å². The number of fused-ring (bicyclic) bond motifs is 1. The predicted molar refractivity (Wildman–Crippen MR) is 89.1 cm³/mol. The Kier molecular flexibility index (Phi) is 3.71. The van der Waals surface area contributed by atoms with Crippen LogP contribution in [0.5, 0.6) is 0 Å². The molecule has 1 atom stereocenters. The Morgan fingerprint density at radius 3 is 2.74 bits per heavy atom. The number of rotatable bonds is 5. The summed E-state index contributed by atoms with van der Waals surface area (Å²) in [4.78, 5) is 10.9. The summed E-state index contributed by atoms with van der Waals surface area (Å²) >= 11 is 1.61. The van der Waals surface area contributed by atoms with Crippen LogP contribution in [0.25, 0.3) is 10.2 Å². The molecule has 4 nitrogen and oxygen atoms in total. The minimum atomic E-state index is -0.679. The third-order valence-electron chi connectivity index (χ3n) is 4.11. The Balaban J connectivity index is 1.63. The molecule has 1 aromatic carbocycles. The summed E-state index contributed by atoms with van der Waals surface area (Å²) in [5.74, 6) is 0.588. The minimum absolute atomic E-state index is 0.295. The van der Waals surface area contributed by atoms with Crippen LogP contribution in [-0.4, -0.2) is 27.7 Å². The van der Waals surface area contributed by atoms with Gasteiger partial charge in [-0.2, -0.15) is 0 Å². The van der Waals surface area contributed by atoms with Gasteiger partial charge in [-0.3, -0.25) is 0 Å². The number of hydrogen-bond acceptors (Lipinski definition) is 5. The van der Waals surface area contributed by atoms with E-state index in [1.54, 1.807) is 29.8 Å². The molecule has 2 aromatic heterocycles. The topological polar surface area (TPSA) is 49.2 Å². The highest BCUT2D eigenvalue weighted by Gasteiger charge is 2.32. The van der Waals surface area contributed by atoms with Crippen molar-refractivity contribution >= 4 is 27.4 Å². The molecule has 0 bridgehead atoms. The predicted octanol–water partition coefficient (Wildman–Crippen LogP) is 3.53. The maximum absolute atomic E-state index is 13.0. The van der Waals surface area contributed by atoms with Crippen LogP contribution in [0.3, 0.4) is 0 Å². The number of aliphatic hydroxyl groups is 1. The van der Waals surface area contributed by atoms with Crippen LogP contribution in [0.4, 0.5) is 10.2 Å². The van der Waals surface area contributed by atoms with Gasteiger partial charge in [0.1, 0.15) is 18.0 Å². The van der Waals surface area contributed by atoms with Gasteiger partial charge >= 0.3 is 0 Å². The van der Waals surface area contributed by atoms with Gasteiger partial charge in [0.15, 0.2) is 0 Å². The molecule has 6 heteroatoms. The van der Waals surface area contributed by atoms with Crippen LogP contribution in [0.1, 0.15) is 24.5 Å². The number of nitrogens with zero attached hydrogens (tertiary/aromatic N) is 3. The lowest BCUT2D eigenvalue weighted by atomic mass is 10.1. The Morgan fingerprint density at radius 1 is 1.22 bits per heavy atom. The molecule has 0 radical (unpaired) electrons. The van der Waals surface area contributed by atoms with Gasteiger partial charge in [-0.1, -0.05) is 12.1 Å². The number of aromatic nitrogens is 2. The molecule has 0 aliphatic heterocycles. The molecular weight excluding hydrogens is 313 g/mol. The maximum atomic E-state index is 13.0. The Labute approximate surface area is 137 Å². The van der Waals surface area contributed by atoms with Gasteiger partial charge in [-0.05, 0) is 42.0 Å². The van der Waals surface area contributed by atoms with Crippen molar-refractivity contribution in [1.29, 1.82) is 0 Å². The highest BCUT2D eigenvalue weighted by molar-refractivity contribution is 7.17.